The number of hydrogen-bond donors (Lipinski definition) is 0. The molecule has 1 fully saturated rings. The lowest BCUT2D eigenvalue weighted by molar-refractivity contribution is 0.107. The first-order valence-corrected chi connectivity index (χ1v) is 8.75. The molecule has 0 aromatic heterocycles. The number of hydrogen-bond acceptors (Lipinski definition) is 2. The molecule has 1 aromatic rings. The minimum absolute atomic E-state index is 0.0870. The molecule has 0 aliphatic carbocycles. The van der Waals surface area contributed by atoms with E-state index in [9.17, 15) is 8.42 Å². The second-order valence-corrected chi connectivity index (χ2v) is 8.75. The second-order valence-electron chi connectivity index (χ2n) is 6.86. The van der Waals surface area contributed by atoms with Crippen molar-refractivity contribution in [2.75, 3.05) is 6.54 Å². The molecule has 1 heterocycles. The zero-order valence-electron chi connectivity index (χ0n) is 12.8. The summed E-state index contributed by atoms with van der Waals surface area (Å²) in [5, 5.41) is 0. The summed E-state index contributed by atoms with van der Waals surface area (Å²) in [6.07, 6.45) is 1.85. The third kappa shape index (κ3) is 3.07. The third-order valence-electron chi connectivity index (χ3n) is 4.26. The molecular weight excluding hydrogens is 270 g/mol. The van der Waals surface area contributed by atoms with Crippen LogP contribution in [0.25, 0.3) is 0 Å². The molecule has 1 aliphatic rings. The van der Waals surface area contributed by atoms with Gasteiger partial charge < -0.3 is 0 Å². The Morgan fingerprint density at radius 3 is 2.35 bits per heavy atom. The highest BCUT2D eigenvalue weighted by Gasteiger charge is 2.40. The number of sulfonamides is 1. The van der Waals surface area contributed by atoms with Crippen LogP contribution in [0.5, 0.6) is 0 Å². The summed E-state index contributed by atoms with van der Waals surface area (Å²) in [4.78, 5) is 0.408. The van der Waals surface area contributed by atoms with Gasteiger partial charge in [0.1, 0.15) is 0 Å². The molecule has 3 nitrogen and oxygen atoms in total. The van der Waals surface area contributed by atoms with Crippen LogP contribution < -0.4 is 0 Å². The fraction of sp³-hybridized carbons (Fsp3) is 0.625. The smallest absolute Gasteiger partial charge is 0.207 e. The van der Waals surface area contributed by atoms with Crippen molar-refractivity contribution in [1.29, 1.82) is 0 Å². The first-order chi connectivity index (χ1) is 9.24. The van der Waals surface area contributed by atoms with Crippen LogP contribution in [0, 0.1) is 11.3 Å². The van der Waals surface area contributed by atoms with Gasteiger partial charge in [-0.2, -0.15) is 4.31 Å². The summed E-state index contributed by atoms with van der Waals surface area (Å²) in [5.74, 6) is 0.327. The average Bonchev–Trinajstić information content (AvgIpc) is 2.38. The Bertz CT molecular complexity index is 549. The molecule has 0 N–H and O–H groups in total. The molecule has 20 heavy (non-hydrogen) atoms. The maximum absolute atomic E-state index is 12.8. The predicted octanol–water partition coefficient (Wildman–Crippen LogP) is 3.52. The fourth-order valence-corrected chi connectivity index (χ4v) is 4.72. The van der Waals surface area contributed by atoms with Gasteiger partial charge in [-0.3, -0.25) is 0 Å². The highest BCUT2D eigenvalue weighted by molar-refractivity contribution is 7.89. The third-order valence-corrected chi connectivity index (χ3v) is 6.20. The van der Waals surface area contributed by atoms with Crippen molar-refractivity contribution in [3.8, 4) is 0 Å². The summed E-state index contributed by atoms with van der Waals surface area (Å²) in [6.45, 7) is 9.30. The van der Waals surface area contributed by atoms with Crippen LogP contribution in [-0.2, 0) is 10.0 Å². The van der Waals surface area contributed by atoms with E-state index in [1.54, 1.807) is 28.6 Å². The normalized spacial score (nSPS) is 23.9. The summed E-state index contributed by atoms with van der Waals surface area (Å²) >= 11 is 0. The minimum Gasteiger partial charge on any atom is -0.207 e. The second kappa shape index (κ2) is 5.49. The Hall–Kier alpha value is -0.870. The molecule has 1 unspecified atom stereocenters. The number of piperidine rings is 1. The van der Waals surface area contributed by atoms with Crippen LogP contribution in [0.15, 0.2) is 35.2 Å². The van der Waals surface area contributed by atoms with Crippen LogP contribution >= 0.6 is 0 Å². The highest BCUT2D eigenvalue weighted by Crippen LogP contribution is 2.38. The van der Waals surface area contributed by atoms with Crippen molar-refractivity contribution in [3.05, 3.63) is 30.3 Å². The summed E-state index contributed by atoms with van der Waals surface area (Å²) in [7, 11) is -3.37. The average molecular weight is 295 g/mol. The molecule has 0 spiro atoms. The summed E-state index contributed by atoms with van der Waals surface area (Å²) in [5.41, 5.74) is 0.220. The fourth-order valence-electron chi connectivity index (χ4n) is 2.94. The molecule has 2 rings (SSSR count). The predicted molar refractivity (Wildman–Crippen MR) is 82.0 cm³/mol. The van der Waals surface area contributed by atoms with Crippen LogP contribution in [0.4, 0.5) is 0 Å². The quantitative estimate of drug-likeness (QED) is 0.855. The summed E-state index contributed by atoms with van der Waals surface area (Å²) < 4.78 is 27.4. The van der Waals surface area contributed by atoms with Gasteiger partial charge in [0, 0.05) is 12.6 Å². The van der Waals surface area contributed by atoms with Crippen LogP contribution in [0.2, 0.25) is 0 Å². The molecule has 1 aromatic carbocycles. The van der Waals surface area contributed by atoms with E-state index in [-0.39, 0.29) is 11.5 Å². The van der Waals surface area contributed by atoms with Gasteiger partial charge in [-0.05, 0) is 36.3 Å². The Balaban J connectivity index is 2.35. The summed E-state index contributed by atoms with van der Waals surface area (Å²) in [6, 6.07) is 8.87. The van der Waals surface area contributed by atoms with E-state index in [1.165, 1.54) is 0 Å². The van der Waals surface area contributed by atoms with E-state index < -0.39 is 10.0 Å². The number of benzene rings is 1. The Morgan fingerprint density at radius 1 is 1.20 bits per heavy atom. The van der Waals surface area contributed by atoms with Gasteiger partial charge in [0.2, 0.25) is 10.0 Å². The van der Waals surface area contributed by atoms with Gasteiger partial charge in [-0.25, -0.2) is 8.42 Å². The Labute approximate surface area is 123 Å². The van der Waals surface area contributed by atoms with Crippen LogP contribution in [0.3, 0.4) is 0 Å². The number of rotatable bonds is 3. The van der Waals surface area contributed by atoms with E-state index in [4.69, 9.17) is 0 Å². The lowest BCUT2D eigenvalue weighted by Crippen LogP contribution is -2.50. The van der Waals surface area contributed by atoms with Crippen molar-refractivity contribution >= 4 is 10.0 Å². The molecular formula is C16H25NO2S. The van der Waals surface area contributed by atoms with Crippen molar-refractivity contribution in [2.24, 2.45) is 11.3 Å². The first kappa shape index (κ1) is 15.5. The molecule has 0 saturated carbocycles. The molecule has 0 radical (unpaired) electrons. The van der Waals surface area contributed by atoms with Gasteiger partial charge in [0.25, 0.3) is 0 Å². The van der Waals surface area contributed by atoms with Gasteiger partial charge >= 0.3 is 0 Å². The van der Waals surface area contributed by atoms with Crippen LogP contribution in [0.1, 0.15) is 40.5 Å². The van der Waals surface area contributed by atoms with Crippen molar-refractivity contribution in [3.63, 3.8) is 0 Å². The van der Waals surface area contributed by atoms with E-state index in [2.05, 4.69) is 27.7 Å². The van der Waals surface area contributed by atoms with Gasteiger partial charge in [0.15, 0.2) is 0 Å². The van der Waals surface area contributed by atoms with E-state index >= 15 is 0 Å². The van der Waals surface area contributed by atoms with Crippen molar-refractivity contribution in [2.45, 2.75) is 51.5 Å². The van der Waals surface area contributed by atoms with Crippen molar-refractivity contribution in [1.82, 2.24) is 4.31 Å². The lowest BCUT2D eigenvalue weighted by Gasteiger charge is -2.44. The highest BCUT2D eigenvalue weighted by atomic mass is 32.2. The SMILES string of the molecule is CC(C)C1CC(C)(C)CCN1S(=O)(=O)c1ccccc1. The molecule has 1 saturated heterocycles. The van der Waals surface area contributed by atoms with Gasteiger partial charge in [-0.1, -0.05) is 45.9 Å². The van der Waals surface area contributed by atoms with E-state index in [1.807, 2.05) is 6.07 Å². The zero-order valence-corrected chi connectivity index (χ0v) is 13.7. The first-order valence-electron chi connectivity index (χ1n) is 7.31. The largest absolute Gasteiger partial charge is 0.243 e. The standard InChI is InChI=1S/C16H25NO2S/c1-13(2)15-12-16(3,4)10-11-17(15)20(18,19)14-8-6-5-7-9-14/h5-9,13,15H,10-12H2,1-4H3. The zero-order chi connectivity index (χ0) is 15.0. The molecule has 1 atom stereocenters. The number of nitrogens with zero attached hydrogens (tertiary/aromatic N) is 1. The molecule has 0 bridgehead atoms. The molecule has 0 amide bonds. The molecule has 1 aliphatic heterocycles. The topological polar surface area (TPSA) is 37.4 Å². The Kier molecular flexibility index (Phi) is 4.26. The minimum atomic E-state index is -3.37. The van der Waals surface area contributed by atoms with Crippen LogP contribution in [-0.4, -0.2) is 25.3 Å². The molecule has 112 valence electrons. The van der Waals surface area contributed by atoms with E-state index in [0.29, 0.717) is 17.4 Å². The monoisotopic (exact) mass is 295 g/mol. The van der Waals surface area contributed by atoms with Crippen molar-refractivity contribution < 1.29 is 8.42 Å². The maximum atomic E-state index is 12.8. The van der Waals surface area contributed by atoms with E-state index in [0.717, 1.165) is 12.8 Å². The Morgan fingerprint density at radius 2 is 1.80 bits per heavy atom. The lowest BCUT2D eigenvalue weighted by atomic mass is 9.77. The maximum Gasteiger partial charge on any atom is 0.243 e. The molecule has 4 heteroatoms. The van der Waals surface area contributed by atoms with Gasteiger partial charge in [-0.15, -0.1) is 0 Å². The van der Waals surface area contributed by atoms with Gasteiger partial charge in [0.05, 0.1) is 4.90 Å².